The van der Waals surface area contributed by atoms with Crippen LogP contribution in [0.4, 0.5) is 11.4 Å². The lowest BCUT2D eigenvalue weighted by atomic mass is 10.2. The van der Waals surface area contributed by atoms with Crippen molar-refractivity contribution in [1.82, 2.24) is 4.31 Å². The van der Waals surface area contributed by atoms with Crippen molar-refractivity contribution in [2.45, 2.75) is 4.90 Å². The zero-order valence-electron chi connectivity index (χ0n) is 16.1. The molecule has 2 aromatic carbocycles. The van der Waals surface area contributed by atoms with Crippen molar-refractivity contribution >= 4 is 50.5 Å². The van der Waals surface area contributed by atoms with Gasteiger partial charge in [-0.2, -0.15) is 9.57 Å². The largest absolute Gasteiger partial charge is 0.379 e. The summed E-state index contributed by atoms with van der Waals surface area (Å²) < 4.78 is 32.2. The Bertz CT molecular complexity index is 1160. The second kappa shape index (κ2) is 10.1. The van der Waals surface area contributed by atoms with Gasteiger partial charge in [-0.15, -0.1) is 0 Å². The van der Waals surface area contributed by atoms with Gasteiger partial charge in [0, 0.05) is 30.0 Å². The van der Waals surface area contributed by atoms with Crippen LogP contribution in [-0.2, 0) is 19.6 Å². The first-order valence-corrected chi connectivity index (χ1v) is 11.3. The number of carbonyl (C=O) groups excluding carboxylic acids is 1. The Hall–Kier alpha value is -2.61. The Balaban J connectivity index is 1.79. The van der Waals surface area contributed by atoms with Crippen molar-refractivity contribution in [2.24, 2.45) is 0 Å². The maximum absolute atomic E-state index is 12.8. The molecule has 1 saturated heterocycles. The minimum absolute atomic E-state index is 0.0385. The summed E-state index contributed by atoms with van der Waals surface area (Å²) in [5, 5.41) is 15.3. The Morgan fingerprint density at radius 1 is 1.16 bits per heavy atom. The molecule has 1 fully saturated rings. The Morgan fingerprint density at radius 3 is 2.58 bits per heavy atom. The molecule has 1 heterocycles. The number of halogens is 2. The van der Waals surface area contributed by atoms with E-state index in [-0.39, 0.29) is 34.3 Å². The Morgan fingerprint density at radius 2 is 1.90 bits per heavy atom. The number of nitrogens with one attached hydrogen (secondary N) is 2. The molecule has 2 N–H and O–H groups in total. The minimum atomic E-state index is -3.73. The predicted molar refractivity (Wildman–Crippen MR) is 118 cm³/mol. The summed E-state index contributed by atoms with van der Waals surface area (Å²) in [6.07, 6.45) is 1.16. The fourth-order valence-electron chi connectivity index (χ4n) is 2.77. The van der Waals surface area contributed by atoms with E-state index in [1.54, 1.807) is 30.3 Å². The molecule has 11 heteroatoms. The Labute approximate surface area is 190 Å². The van der Waals surface area contributed by atoms with Gasteiger partial charge in [0.2, 0.25) is 10.0 Å². The molecule has 0 atom stereocenters. The van der Waals surface area contributed by atoms with Crippen molar-refractivity contribution in [3.8, 4) is 6.07 Å². The molecular formula is C20H18Cl2N4O4S. The van der Waals surface area contributed by atoms with E-state index < -0.39 is 15.9 Å². The number of amides is 1. The van der Waals surface area contributed by atoms with Crippen LogP contribution in [0.25, 0.3) is 0 Å². The first-order valence-electron chi connectivity index (χ1n) is 9.12. The van der Waals surface area contributed by atoms with Gasteiger partial charge < -0.3 is 15.4 Å². The topological polar surface area (TPSA) is 112 Å². The molecule has 31 heavy (non-hydrogen) atoms. The van der Waals surface area contributed by atoms with Gasteiger partial charge in [0.15, 0.2) is 0 Å². The van der Waals surface area contributed by atoms with Crippen LogP contribution in [0.15, 0.2) is 59.1 Å². The molecule has 1 aliphatic heterocycles. The van der Waals surface area contributed by atoms with E-state index in [4.69, 9.17) is 27.9 Å². The summed E-state index contributed by atoms with van der Waals surface area (Å²) in [7, 11) is -3.73. The van der Waals surface area contributed by atoms with Crippen LogP contribution >= 0.6 is 23.2 Å². The lowest BCUT2D eigenvalue weighted by Gasteiger charge is -2.26. The number of nitrogens with zero attached hydrogens (tertiary/aromatic N) is 2. The van der Waals surface area contributed by atoms with Crippen LogP contribution in [0, 0.1) is 11.3 Å². The third kappa shape index (κ3) is 5.76. The highest BCUT2D eigenvalue weighted by molar-refractivity contribution is 7.89. The highest BCUT2D eigenvalue weighted by atomic mass is 35.5. The summed E-state index contributed by atoms with van der Waals surface area (Å²) in [5.41, 5.74) is 0.423. The molecule has 0 bridgehead atoms. The van der Waals surface area contributed by atoms with Crippen molar-refractivity contribution in [3.05, 3.63) is 64.3 Å². The number of nitriles is 1. The minimum Gasteiger partial charge on any atom is -0.379 e. The van der Waals surface area contributed by atoms with E-state index in [9.17, 15) is 18.5 Å². The average Bonchev–Trinajstić information content (AvgIpc) is 2.76. The smallest absolute Gasteiger partial charge is 0.267 e. The van der Waals surface area contributed by atoms with Crippen molar-refractivity contribution in [1.29, 1.82) is 5.26 Å². The molecular weight excluding hydrogens is 463 g/mol. The van der Waals surface area contributed by atoms with Gasteiger partial charge in [0.25, 0.3) is 5.91 Å². The summed E-state index contributed by atoms with van der Waals surface area (Å²) in [5.74, 6) is -0.662. The van der Waals surface area contributed by atoms with Gasteiger partial charge in [-0.25, -0.2) is 8.42 Å². The molecule has 0 unspecified atom stereocenters. The molecule has 0 aliphatic carbocycles. The van der Waals surface area contributed by atoms with E-state index in [1.165, 1.54) is 22.5 Å². The molecule has 0 saturated carbocycles. The molecule has 3 rings (SSSR count). The number of hydrogen-bond acceptors (Lipinski definition) is 6. The zero-order chi connectivity index (χ0) is 22.4. The first-order chi connectivity index (χ1) is 14.8. The second-order valence-electron chi connectivity index (χ2n) is 6.44. The number of sulfonamides is 1. The molecule has 2 aromatic rings. The van der Waals surface area contributed by atoms with Crippen LogP contribution in [0.2, 0.25) is 10.0 Å². The third-order valence-corrected chi connectivity index (χ3v) is 6.82. The number of morpholine rings is 1. The number of ether oxygens (including phenoxy) is 1. The van der Waals surface area contributed by atoms with Crippen LogP contribution in [-0.4, -0.2) is 44.9 Å². The fraction of sp³-hybridized carbons (Fsp3) is 0.200. The SMILES string of the molecule is N#C/C(=C/Nc1cc(S(=O)(=O)N2CCOCC2)ccc1Cl)C(=O)Nc1cccc(Cl)c1. The predicted octanol–water partition coefficient (Wildman–Crippen LogP) is 3.47. The molecule has 8 nitrogen and oxygen atoms in total. The molecule has 162 valence electrons. The zero-order valence-corrected chi connectivity index (χ0v) is 18.5. The van der Waals surface area contributed by atoms with E-state index in [2.05, 4.69) is 10.6 Å². The molecule has 0 spiro atoms. The van der Waals surface area contributed by atoms with Crippen molar-refractivity contribution in [3.63, 3.8) is 0 Å². The van der Waals surface area contributed by atoms with E-state index >= 15 is 0 Å². The standard InChI is InChI=1S/C20H18Cl2N4O4S/c21-15-2-1-3-16(10-15)25-20(27)14(12-23)13-24-19-11-17(4-5-18(19)22)31(28,29)26-6-8-30-9-7-26/h1-5,10-11,13,24H,6-9H2,(H,25,27)/b14-13-. The van der Waals surface area contributed by atoms with E-state index in [1.807, 2.05) is 0 Å². The summed E-state index contributed by atoms with van der Waals surface area (Å²) >= 11 is 12.1. The third-order valence-electron chi connectivity index (χ3n) is 4.37. The average molecular weight is 481 g/mol. The van der Waals surface area contributed by atoms with Crippen LogP contribution in [0.5, 0.6) is 0 Å². The maximum Gasteiger partial charge on any atom is 0.267 e. The van der Waals surface area contributed by atoms with Gasteiger partial charge >= 0.3 is 0 Å². The number of anilines is 2. The van der Waals surface area contributed by atoms with Crippen molar-refractivity contribution < 1.29 is 17.9 Å². The maximum atomic E-state index is 12.8. The van der Waals surface area contributed by atoms with Gasteiger partial charge in [0.1, 0.15) is 11.6 Å². The number of hydrogen-bond donors (Lipinski definition) is 2. The van der Waals surface area contributed by atoms with E-state index in [0.29, 0.717) is 23.9 Å². The van der Waals surface area contributed by atoms with Gasteiger partial charge in [-0.1, -0.05) is 29.3 Å². The van der Waals surface area contributed by atoms with Crippen LogP contribution < -0.4 is 10.6 Å². The highest BCUT2D eigenvalue weighted by Crippen LogP contribution is 2.27. The summed E-state index contributed by atoms with van der Waals surface area (Å²) in [6.45, 7) is 1.17. The number of benzene rings is 2. The molecule has 0 radical (unpaired) electrons. The van der Waals surface area contributed by atoms with Crippen LogP contribution in [0.1, 0.15) is 0 Å². The molecule has 0 aromatic heterocycles. The molecule has 1 aliphatic rings. The summed E-state index contributed by atoms with van der Waals surface area (Å²) in [6, 6.07) is 12.5. The number of rotatable bonds is 6. The van der Waals surface area contributed by atoms with Gasteiger partial charge in [0.05, 0.1) is 28.8 Å². The molecule has 1 amide bonds. The van der Waals surface area contributed by atoms with Crippen molar-refractivity contribution in [2.75, 3.05) is 36.9 Å². The number of carbonyl (C=O) groups is 1. The van der Waals surface area contributed by atoms with E-state index in [0.717, 1.165) is 6.20 Å². The summed E-state index contributed by atoms with van der Waals surface area (Å²) in [4.78, 5) is 12.4. The lowest BCUT2D eigenvalue weighted by molar-refractivity contribution is -0.112. The monoisotopic (exact) mass is 480 g/mol. The first kappa shape index (κ1) is 23.1. The van der Waals surface area contributed by atoms with Gasteiger partial charge in [-0.3, -0.25) is 4.79 Å². The highest BCUT2D eigenvalue weighted by Gasteiger charge is 2.26. The Kier molecular flexibility index (Phi) is 7.54. The fourth-order valence-corrected chi connectivity index (χ4v) is 4.57. The lowest BCUT2D eigenvalue weighted by Crippen LogP contribution is -2.40. The second-order valence-corrected chi connectivity index (χ2v) is 9.22. The normalized spacial score (nSPS) is 15.2. The van der Waals surface area contributed by atoms with Gasteiger partial charge in [-0.05, 0) is 36.4 Å². The van der Waals surface area contributed by atoms with Crippen LogP contribution in [0.3, 0.4) is 0 Å². The quantitative estimate of drug-likeness (QED) is 0.483.